The maximum absolute atomic E-state index is 14.0. The molecule has 3 aromatic carbocycles. The minimum atomic E-state index is -0.473. The van der Waals surface area contributed by atoms with Crippen LogP contribution in [0, 0.1) is 5.82 Å². The second-order valence-corrected chi connectivity index (χ2v) is 7.50. The molecule has 0 spiro atoms. The number of halogens is 2. The number of ether oxygens (including phenoxy) is 3. The summed E-state index contributed by atoms with van der Waals surface area (Å²) in [6, 6.07) is 16.2. The number of hydrogen-bond donors (Lipinski definition) is 2. The van der Waals surface area contributed by atoms with Gasteiger partial charge in [-0.2, -0.15) is 0 Å². The van der Waals surface area contributed by atoms with E-state index in [1.54, 1.807) is 36.4 Å². The minimum absolute atomic E-state index is 0.00867. The van der Waals surface area contributed by atoms with E-state index in [4.69, 9.17) is 31.5 Å². The lowest BCUT2D eigenvalue weighted by Gasteiger charge is -2.15. The molecular weight excluding hydrogens is 461 g/mol. The van der Waals surface area contributed by atoms with Crippen molar-refractivity contribution in [1.29, 1.82) is 0 Å². The van der Waals surface area contributed by atoms with Crippen LogP contribution in [0.2, 0.25) is 5.02 Å². The molecule has 0 atom stereocenters. The topological polar surface area (TPSA) is 99.7 Å². The number of nitrogens with two attached hydrogens (primary N) is 1. The number of anilines is 1. The summed E-state index contributed by atoms with van der Waals surface area (Å²) in [5, 5.41) is 11.0. The van der Waals surface area contributed by atoms with Gasteiger partial charge in [0.1, 0.15) is 29.6 Å². The Hall–Kier alpha value is -4.04. The molecule has 0 radical (unpaired) electrons. The largest absolute Gasteiger partial charge is 0.507 e. The SMILES string of the molecule is CCOc1ccccc1Oc1cnc(N)nc1-c1ccc(OCc2c(F)cccc2Cl)cc1O. The quantitative estimate of drug-likeness (QED) is 0.318. The van der Waals surface area contributed by atoms with Crippen molar-refractivity contribution in [2.45, 2.75) is 13.5 Å². The van der Waals surface area contributed by atoms with Gasteiger partial charge in [-0.25, -0.2) is 14.4 Å². The van der Waals surface area contributed by atoms with Crippen LogP contribution in [0.4, 0.5) is 10.3 Å². The first-order valence-electron chi connectivity index (χ1n) is 10.4. The fourth-order valence-corrected chi connectivity index (χ4v) is 3.42. The van der Waals surface area contributed by atoms with Crippen LogP contribution in [0.3, 0.4) is 0 Å². The molecule has 4 aromatic rings. The van der Waals surface area contributed by atoms with Gasteiger partial charge in [0.05, 0.1) is 17.8 Å². The molecule has 0 aliphatic heterocycles. The number of nitrogen functional groups attached to an aromatic ring is 1. The van der Waals surface area contributed by atoms with Gasteiger partial charge in [0, 0.05) is 17.2 Å². The van der Waals surface area contributed by atoms with Crippen molar-refractivity contribution < 1.29 is 23.7 Å². The van der Waals surface area contributed by atoms with E-state index in [2.05, 4.69) is 9.97 Å². The lowest BCUT2D eigenvalue weighted by Crippen LogP contribution is -2.01. The van der Waals surface area contributed by atoms with Crippen LogP contribution in [0.5, 0.6) is 28.7 Å². The number of para-hydroxylation sites is 2. The summed E-state index contributed by atoms with van der Waals surface area (Å²) < 4.78 is 31.2. The summed E-state index contributed by atoms with van der Waals surface area (Å²) >= 11 is 6.04. The zero-order valence-corrected chi connectivity index (χ0v) is 18.9. The molecule has 0 aliphatic carbocycles. The van der Waals surface area contributed by atoms with Gasteiger partial charge in [-0.05, 0) is 43.3 Å². The van der Waals surface area contributed by atoms with Crippen molar-refractivity contribution in [1.82, 2.24) is 9.97 Å². The third-order valence-corrected chi connectivity index (χ3v) is 5.17. The van der Waals surface area contributed by atoms with Crippen molar-refractivity contribution in [3.05, 3.63) is 83.3 Å². The molecule has 0 saturated heterocycles. The van der Waals surface area contributed by atoms with Gasteiger partial charge >= 0.3 is 0 Å². The van der Waals surface area contributed by atoms with E-state index in [0.717, 1.165) is 0 Å². The van der Waals surface area contributed by atoms with Crippen molar-refractivity contribution in [2.24, 2.45) is 0 Å². The predicted octanol–water partition coefficient (Wildman–Crippen LogP) is 5.99. The second-order valence-electron chi connectivity index (χ2n) is 7.09. The highest BCUT2D eigenvalue weighted by Gasteiger charge is 2.17. The van der Waals surface area contributed by atoms with Crippen LogP contribution in [0.15, 0.2) is 66.9 Å². The molecule has 1 heterocycles. The molecule has 0 bridgehead atoms. The lowest BCUT2D eigenvalue weighted by molar-refractivity contribution is 0.298. The first-order valence-corrected chi connectivity index (χ1v) is 10.7. The molecule has 4 rings (SSSR count). The fourth-order valence-electron chi connectivity index (χ4n) is 3.21. The summed E-state index contributed by atoms with van der Waals surface area (Å²) in [4.78, 5) is 8.27. The third kappa shape index (κ3) is 5.13. The first-order chi connectivity index (χ1) is 16.5. The zero-order valence-electron chi connectivity index (χ0n) is 18.2. The Kier molecular flexibility index (Phi) is 6.98. The van der Waals surface area contributed by atoms with Crippen LogP contribution in [-0.4, -0.2) is 21.7 Å². The average molecular weight is 482 g/mol. The minimum Gasteiger partial charge on any atom is -0.507 e. The summed E-state index contributed by atoms with van der Waals surface area (Å²) in [7, 11) is 0. The van der Waals surface area contributed by atoms with Gasteiger partial charge in [0.2, 0.25) is 5.95 Å². The summed E-state index contributed by atoms with van der Waals surface area (Å²) in [5.41, 5.74) is 6.64. The highest BCUT2D eigenvalue weighted by molar-refractivity contribution is 6.31. The first kappa shape index (κ1) is 23.1. The van der Waals surface area contributed by atoms with Gasteiger partial charge in [-0.3, -0.25) is 0 Å². The van der Waals surface area contributed by atoms with E-state index in [0.29, 0.717) is 29.4 Å². The Morgan fingerprint density at radius 2 is 1.79 bits per heavy atom. The molecule has 0 unspecified atom stereocenters. The molecule has 0 saturated carbocycles. The fraction of sp³-hybridized carbons (Fsp3) is 0.120. The molecule has 7 nitrogen and oxygen atoms in total. The van der Waals surface area contributed by atoms with E-state index in [-0.39, 0.29) is 40.3 Å². The maximum atomic E-state index is 14.0. The third-order valence-electron chi connectivity index (χ3n) is 4.81. The van der Waals surface area contributed by atoms with Gasteiger partial charge in [-0.15, -0.1) is 0 Å². The molecule has 3 N–H and O–H groups in total. The van der Waals surface area contributed by atoms with E-state index in [1.165, 1.54) is 24.4 Å². The highest BCUT2D eigenvalue weighted by atomic mass is 35.5. The van der Waals surface area contributed by atoms with E-state index in [1.807, 2.05) is 13.0 Å². The average Bonchev–Trinajstić information content (AvgIpc) is 2.81. The molecule has 9 heteroatoms. The van der Waals surface area contributed by atoms with Crippen molar-refractivity contribution >= 4 is 17.5 Å². The van der Waals surface area contributed by atoms with Crippen molar-refractivity contribution in [3.63, 3.8) is 0 Å². The number of aromatic hydroxyl groups is 1. The van der Waals surface area contributed by atoms with Gasteiger partial charge in [0.15, 0.2) is 17.2 Å². The number of aromatic nitrogens is 2. The van der Waals surface area contributed by atoms with Crippen molar-refractivity contribution in [3.8, 4) is 40.0 Å². The molecule has 174 valence electrons. The number of benzene rings is 3. The van der Waals surface area contributed by atoms with Crippen LogP contribution in [-0.2, 0) is 6.61 Å². The predicted molar refractivity (Wildman–Crippen MR) is 127 cm³/mol. The second kappa shape index (κ2) is 10.3. The van der Waals surface area contributed by atoms with Crippen LogP contribution in [0.1, 0.15) is 12.5 Å². The molecular formula is C25H21ClFN3O4. The normalized spacial score (nSPS) is 10.7. The van der Waals surface area contributed by atoms with E-state index >= 15 is 0 Å². The van der Waals surface area contributed by atoms with Gasteiger partial charge in [-0.1, -0.05) is 29.8 Å². The Morgan fingerprint density at radius 1 is 1.00 bits per heavy atom. The standard InChI is InChI=1S/C25H21ClFN3O4/c1-2-32-21-8-3-4-9-22(21)34-23-13-29-25(28)30-24(23)16-11-10-15(12-20(16)31)33-14-17-18(26)6-5-7-19(17)27/h3-13,31H,2,14H2,1H3,(H2,28,29,30). The lowest BCUT2D eigenvalue weighted by atomic mass is 10.1. The number of nitrogens with zero attached hydrogens (tertiary/aromatic N) is 2. The smallest absolute Gasteiger partial charge is 0.220 e. The summed E-state index contributed by atoms with van der Waals surface area (Å²) in [5.74, 6) is 0.981. The molecule has 0 aliphatic rings. The van der Waals surface area contributed by atoms with Crippen LogP contribution in [0.25, 0.3) is 11.3 Å². The Morgan fingerprint density at radius 3 is 2.53 bits per heavy atom. The van der Waals surface area contributed by atoms with Crippen LogP contribution < -0.4 is 19.9 Å². The zero-order chi connectivity index (χ0) is 24.1. The van der Waals surface area contributed by atoms with Crippen LogP contribution >= 0.6 is 11.6 Å². The number of phenols is 1. The van der Waals surface area contributed by atoms with Gasteiger partial charge < -0.3 is 25.1 Å². The number of phenolic OH excluding ortho intramolecular Hbond substituents is 1. The Balaban J connectivity index is 1.62. The summed E-state index contributed by atoms with van der Waals surface area (Å²) in [6.45, 7) is 2.23. The molecule has 1 aromatic heterocycles. The monoisotopic (exact) mass is 481 g/mol. The number of rotatable bonds is 8. The number of hydrogen-bond acceptors (Lipinski definition) is 7. The molecule has 34 heavy (non-hydrogen) atoms. The Bertz CT molecular complexity index is 1300. The highest BCUT2D eigenvalue weighted by Crippen LogP contribution is 2.40. The van der Waals surface area contributed by atoms with E-state index in [9.17, 15) is 9.50 Å². The maximum Gasteiger partial charge on any atom is 0.220 e. The van der Waals surface area contributed by atoms with Crippen molar-refractivity contribution in [2.75, 3.05) is 12.3 Å². The molecule has 0 amide bonds. The Labute approximate surface area is 200 Å². The van der Waals surface area contributed by atoms with Gasteiger partial charge in [0.25, 0.3) is 0 Å². The summed E-state index contributed by atoms with van der Waals surface area (Å²) in [6.07, 6.45) is 1.42. The van der Waals surface area contributed by atoms with E-state index < -0.39 is 5.82 Å². The molecule has 0 fully saturated rings.